The molecule has 0 radical (unpaired) electrons. The first-order valence-corrected chi connectivity index (χ1v) is 8.54. The summed E-state index contributed by atoms with van der Waals surface area (Å²) in [4.78, 5) is 11.9. The molecule has 2 heterocycles. The highest BCUT2D eigenvalue weighted by atomic mass is 32.1. The van der Waals surface area contributed by atoms with E-state index in [2.05, 4.69) is 25.6 Å². The van der Waals surface area contributed by atoms with Gasteiger partial charge in [-0.25, -0.2) is 9.97 Å². The summed E-state index contributed by atoms with van der Waals surface area (Å²) in [6.45, 7) is 3.23. The average Bonchev–Trinajstić information content (AvgIpc) is 2.93. The zero-order chi connectivity index (χ0) is 18.9. The van der Waals surface area contributed by atoms with Crippen molar-refractivity contribution in [1.82, 2.24) is 15.0 Å². The molecule has 0 aliphatic carbocycles. The number of halogens is 3. The van der Waals surface area contributed by atoms with Crippen LogP contribution < -0.4 is 10.6 Å². The average molecular weight is 383 g/mol. The summed E-state index contributed by atoms with van der Waals surface area (Å²) in [6.07, 6.45) is -4.62. The van der Waals surface area contributed by atoms with Crippen LogP contribution >= 0.6 is 11.3 Å². The number of nitrogens with one attached hydrogen (secondary N) is 2. The Labute approximate surface area is 151 Å². The van der Waals surface area contributed by atoms with E-state index >= 15 is 0 Å². The van der Waals surface area contributed by atoms with E-state index in [-0.39, 0.29) is 18.4 Å². The second-order valence-corrected chi connectivity index (χ2v) is 6.96. The first-order valence-electron chi connectivity index (χ1n) is 7.72. The maximum Gasteiger partial charge on any atom is 0.433 e. The molecular formula is C16H16F3N5OS. The number of nitrogens with zero attached hydrogens (tertiary/aromatic N) is 3. The van der Waals surface area contributed by atoms with E-state index < -0.39 is 17.9 Å². The van der Waals surface area contributed by atoms with Gasteiger partial charge in [-0.1, -0.05) is 0 Å². The van der Waals surface area contributed by atoms with E-state index in [9.17, 15) is 13.2 Å². The van der Waals surface area contributed by atoms with Gasteiger partial charge in [0.05, 0.1) is 21.8 Å². The van der Waals surface area contributed by atoms with Gasteiger partial charge in [-0.05, 0) is 32.0 Å². The van der Waals surface area contributed by atoms with E-state index in [1.165, 1.54) is 11.3 Å². The van der Waals surface area contributed by atoms with Gasteiger partial charge in [0.15, 0.2) is 5.69 Å². The van der Waals surface area contributed by atoms with E-state index in [4.69, 9.17) is 5.11 Å². The van der Waals surface area contributed by atoms with Crippen LogP contribution in [0.5, 0.6) is 0 Å². The maximum atomic E-state index is 13.1. The highest BCUT2D eigenvalue weighted by Crippen LogP contribution is 2.31. The Morgan fingerprint density at radius 1 is 1.19 bits per heavy atom. The van der Waals surface area contributed by atoms with Gasteiger partial charge in [0.2, 0.25) is 5.95 Å². The normalized spacial score (nSPS) is 13.0. The third-order valence-electron chi connectivity index (χ3n) is 3.43. The molecule has 1 aromatic carbocycles. The van der Waals surface area contributed by atoms with Crippen molar-refractivity contribution in [2.45, 2.75) is 26.1 Å². The van der Waals surface area contributed by atoms with E-state index in [0.717, 1.165) is 21.3 Å². The number of aliphatic hydroxyl groups is 1. The van der Waals surface area contributed by atoms with Crippen LogP contribution in [0.25, 0.3) is 10.2 Å². The largest absolute Gasteiger partial charge is 0.433 e. The first-order chi connectivity index (χ1) is 12.2. The second kappa shape index (κ2) is 7.04. The Kier molecular flexibility index (Phi) is 4.97. The van der Waals surface area contributed by atoms with Crippen LogP contribution in [-0.4, -0.2) is 32.7 Å². The van der Waals surface area contributed by atoms with Crippen molar-refractivity contribution >= 4 is 39.0 Å². The summed E-state index contributed by atoms with van der Waals surface area (Å²) >= 11 is 1.54. The Hall–Kier alpha value is -2.46. The Bertz CT molecular complexity index is 928. The number of aliphatic hydroxyl groups excluding tert-OH is 1. The van der Waals surface area contributed by atoms with Crippen LogP contribution in [0.3, 0.4) is 0 Å². The van der Waals surface area contributed by atoms with Gasteiger partial charge in [-0.3, -0.25) is 0 Å². The summed E-state index contributed by atoms with van der Waals surface area (Å²) in [6, 6.07) is 5.70. The topological polar surface area (TPSA) is 83.0 Å². The van der Waals surface area contributed by atoms with E-state index in [0.29, 0.717) is 5.69 Å². The molecule has 0 amide bonds. The molecule has 3 N–H and O–H groups in total. The molecule has 6 nitrogen and oxygen atoms in total. The summed E-state index contributed by atoms with van der Waals surface area (Å²) < 4.78 is 40.3. The molecule has 0 aliphatic rings. The number of benzene rings is 1. The van der Waals surface area contributed by atoms with Crippen LogP contribution in [0, 0.1) is 6.92 Å². The van der Waals surface area contributed by atoms with Crippen molar-refractivity contribution in [1.29, 1.82) is 0 Å². The van der Waals surface area contributed by atoms with E-state index in [1.54, 1.807) is 19.1 Å². The number of anilines is 3. The number of aromatic nitrogens is 3. The number of fused-ring (bicyclic) bond motifs is 1. The third kappa shape index (κ3) is 4.20. The van der Waals surface area contributed by atoms with Gasteiger partial charge in [0.25, 0.3) is 0 Å². The van der Waals surface area contributed by atoms with Crippen LogP contribution in [0.1, 0.15) is 17.6 Å². The smallest absolute Gasteiger partial charge is 0.394 e. The molecule has 26 heavy (non-hydrogen) atoms. The van der Waals surface area contributed by atoms with Crippen LogP contribution in [0.15, 0.2) is 24.3 Å². The quantitative estimate of drug-likeness (QED) is 0.619. The third-order valence-corrected chi connectivity index (χ3v) is 4.38. The van der Waals surface area contributed by atoms with Gasteiger partial charge in [-0.15, -0.1) is 11.3 Å². The molecule has 0 bridgehead atoms. The fourth-order valence-corrected chi connectivity index (χ4v) is 3.06. The number of rotatable bonds is 5. The molecule has 10 heteroatoms. The standard InChI is InChI=1S/C16H16F3N5OS/c1-8(7-25)20-15-23-13(16(17,18)19)6-14(24-15)22-10-3-4-12-11(5-10)21-9(2)26-12/h3-6,8,25H,7H2,1-2H3,(H2,20,22,23,24)/t8-/m1/s1. The van der Waals surface area contributed by atoms with Crippen molar-refractivity contribution in [3.63, 3.8) is 0 Å². The van der Waals surface area contributed by atoms with Gasteiger partial charge < -0.3 is 15.7 Å². The minimum absolute atomic E-state index is 0.00809. The zero-order valence-corrected chi connectivity index (χ0v) is 14.7. The van der Waals surface area contributed by atoms with Crippen LogP contribution in [-0.2, 0) is 6.18 Å². The van der Waals surface area contributed by atoms with Crippen molar-refractivity contribution < 1.29 is 18.3 Å². The molecule has 0 saturated carbocycles. The number of alkyl halides is 3. The molecule has 3 aromatic rings. The molecule has 2 aromatic heterocycles. The highest BCUT2D eigenvalue weighted by molar-refractivity contribution is 7.18. The lowest BCUT2D eigenvalue weighted by Gasteiger charge is -2.15. The predicted molar refractivity (Wildman–Crippen MR) is 94.8 cm³/mol. The first kappa shape index (κ1) is 18.3. The second-order valence-electron chi connectivity index (χ2n) is 5.73. The van der Waals surface area contributed by atoms with Crippen molar-refractivity contribution in [3.8, 4) is 0 Å². The zero-order valence-electron chi connectivity index (χ0n) is 13.9. The van der Waals surface area contributed by atoms with Crippen LogP contribution in [0.4, 0.5) is 30.6 Å². The SMILES string of the molecule is Cc1nc2cc(Nc3cc(C(F)(F)F)nc(N[C@H](C)CO)n3)ccc2s1. The molecule has 0 fully saturated rings. The fourth-order valence-electron chi connectivity index (χ4n) is 2.26. The molecular weight excluding hydrogens is 367 g/mol. The molecule has 0 aliphatic heterocycles. The Morgan fingerprint density at radius 2 is 1.96 bits per heavy atom. The van der Waals surface area contributed by atoms with Crippen molar-refractivity contribution in [2.75, 3.05) is 17.2 Å². The van der Waals surface area contributed by atoms with Crippen molar-refractivity contribution in [2.24, 2.45) is 0 Å². The minimum atomic E-state index is -4.62. The Balaban J connectivity index is 1.94. The lowest BCUT2D eigenvalue weighted by Crippen LogP contribution is -2.22. The minimum Gasteiger partial charge on any atom is -0.394 e. The summed E-state index contributed by atoms with van der Waals surface area (Å²) in [5.41, 5.74) is 0.249. The van der Waals surface area contributed by atoms with Gasteiger partial charge in [0, 0.05) is 17.8 Å². The monoisotopic (exact) mass is 383 g/mol. The highest BCUT2D eigenvalue weighted by Gasteiger charge is 2.34. The van der Waals surface area contributed by atoms with Gasteiger partial charge in [0.1, 0.15) is 5.82 Å². The Morgan fingerprint density at radius 3 is 2.65 bits per heavy atom. The fraction of sp³-hybridized carbons (Fsp3) is 0.312. The predicted octanol–water partition coefficient (Wildman–Crippen LogP) is 3.95. The molecule has 0 spiro atoms. The van der Waals surface area contributed by atoms with Crippen LogP contribution in [0.2, 0.25) is 0 Å². The maximum absolute atomic E-state index is 13.1. The van der Waals surface area contributed by atoms with Crippen molar-refractivity contribution in [3.05, 3.63) is 35.0 Å². The lowest BCUT2D eigenvalue weighted by molar-refractivity contribution is -0.141. The lowest BCUT2D eigenvalue weighted by atomic mass is 10.3. The molecule has 0 unspecified atom stereocenters. The summed E-state index contributed by atoms with van der Waals surface area (Å²) in [5.74, 6) is -0.222. The molecule has 138 valence electrons. The van der Waals surface area contributed by atoms with Gasteiger partial charge in [-0.2, -0.15) is 18.2 Å². The number of hydrogen-bond acceptors (Lipinski definition) is 7. The van der Waals surface area contributed by atoms with Gasteiger partial charge >= 0.3 is 6.18 Å². The summed E-state index contributed by atoms with van der Waals surface area (Å²) in [7, 11) is 0. The summed E-state index contributed by atoms with van der Waals surface area (Å²) in [5, 5.41) is 15.5. The number of hydrogen-bond donors (Lipinski definition) is 3. The number of aryl methyl sites for hydroxylation is 1. The number of thiazole rings is 1. The molecule has 3 rings (SSSR count). The van der Waals surface area contributed by atoms with E-state index in [1.807, 2.05) is 13.0 Å². The molecule has 0 saturated heterocycles. The molecule has 1 atom stereocenters.